The summed E-state index contributed by atoms with van der Waals surface area (Å²) in [6.07, 6.45) is 2.82. The van der Waals surface area contributed by atoms with E-state index in [1.54, 1.807) is 6.20 Å². The largest absolute Gasteiger partial charge is 0.477 e. The molecular weight excluding hydrogens is 304 g/mol. The quantitative estimate of drug-likeness (QED) is 0.838. The van der Waals surface area contributed by atoms with Crippen molar-refractivity contribution in [1.29, 1.82) is 0 Å². The van der Waals surface area contributed by atoms with Crippen LogP contribution in [0, 0.1) is 12.8 Å². The molecular formula is C18H24N4O2. The molecule has 2 aromatic rings. The van der Waals surface area contributed by atoms with Gasteiger partial charge in [0, 0.05) is 51.5 Å². The van der Waals surface area contributed by atoms with Crippen LogP contribution < -0.4 is 4.74 Å². The SMILES string of the molecule is Cc1cc(CN2CC3(C2)OCC[C@@H]3COc2ccccn2)n(C)n1. The van der Waals surface area contributed by atoms with Crippen molar-refractivity contribution in [2.24, 2.45) is 13.0 Å². The first kappa shape index (κ1) is 15.6. The Morgan fingerprint density at radius 3 is 2.96 bits per heavy atom. The fourth-order valence-electron chi connectivity index (χ4n) is 3.85. The Kier molecular flexibility index (Phi) is 4.02. The van der Waals surface area contributed by atoms with Crippen molar-refractivity contribution in [2.75, 3.05) is 26.3 Å². The Hall–Kier alpha value is -1.92. The predicted octanol–water partition coefficient (Wildman–Crippen LogP) is 1.79. The number of pyridine rings is 1. The fraction of sp³-hybridized carbons (Fsp3) is 0.556. The zero-order chi connectivity index (χ0) is 16.6. The molecule has 2 aliphatic heterocycles. The number of nitrogens with zero attached hydrogens (tertiary/aromatic N) is 4. The molecule has 0 N–H and O–H groups in total. The molecule has 1 spiro atoms. The number of aryl methyl sites for hydroxylation is 2. The molecule has 2 saturated heterocycles. The number of aromatic nitrogens is 3. The number of ether oxygens (including phenoxy) is 2. The van der Waals surface area contributed by atoms with E-state index in [4.69, 9.17) is 9.47 Å². The minimum atomic E-state index is -0.0393. The molecule has 0 radical (unpaired) electrons. The second-order valence-corrected chi connectivity index (χ2v) is 6.92. The fourth-order valence-corrected chi connectivity index (χ4v) is 3.85. The molecule has 1 atom stereocenters. The van der Waals surface area contributed by atoms with E-state index < -0.39 is 0 Å². The third-order valence-electron chi connectivity index (χ3n) is 5.14. The van der Waals surface area contributed by atoms with Crippen molar-refractivity contribution in [2.45, 2.75) is 25.5 Å². The van der Waals surface area contributed by atoms with Gasteiger partial charge in [0.1, 0.15) is 0 Å². The van der Waals surface area contributed by atoms with Crippen LogP contribution >= 0.6 is 0 Å². The summed E-state index contributed by atoms with van der Waals surface area (Å²) in [7, 11) is 2.01. The molecule has 2 aromatic heterocycles. The average molecular weight is 328 g/mol. The molecule has 0 saturated carbocycles. The molecule has 0 bridgehead atoms. The Labute approximate surface area is 142 Å². The summed E-state index contributed by atoms with van der Waals surface area (Å²) in [5.41, 5.74) is 2.28. The van der Waals surface area contributed by atoms with Crippen LogP contribution in [0.2, 0.25) is 0 Å². The first-order valence-corrected chi connectivity index (χ1v) is 8.54. The smallest absolute Gasteiger partial charge is 0.213 e. The van der Waals surface area contributed by atoms with E-state index in [2.05, 4.69) is 21.0 Å². The first-order chi connectivity index (χ1) is 11.6. The van der Waals surface area contributed by atoms with Crippen molar-refractivity contribution in [3.8, 4) is 5.88 Å². The van der Waals surface area contributed by atoms with Crippen LogP contribution in [-0.2, 0) is 18.3 Å². The molecule has 0 aliphatic carbocycles. The highest BCUT2D eigenvalue weighted by atomic mass is 16.5. The Morgan fingerprint density at radius 1 is 1.38 bits per heavy atom. The summed E-state index contributed by atoms with van der Waals surface area (Å²) in [6.45, 7) is 6.40. The molecule has 6 heteroatoms. The summed E-state index contributed by atoms with van der Waals surface area (Å²) >= 11 is 0. The maximum absolute atomic E-state index is 6.12. The van der Waals surface area contributed by atoms with Crippen molar-refractivity contribution in [3.05, 3.63) is 41.9 Å². The van der Waals surface area contributed by atoms with E-state index in [-0.39, 0.29) is 5.60 Å². The molecule has 0 unspecified atom stereocenters. The summed E-state index contributed by atoms with van der Waals surface area (Å²) < 4.78 is 14.0. The second-order valence-electron chi connectivity index (χ2n) is 6.92. The molecule has 2 fully saturated rings. The molecule has 0 aromatic carbocycles. The van der Waals surface area contributed by atoms with Gasteiger partial charge in [0.05, 0.1) is 23.6 Å². The number of likely N-dealkylation sites (tertiary alicyclic amines) is 1. The van der Waals surface area contributed by atoms with E-state index in [9.17, 15) is 0 Å². The van der Waals surface area contributed by atoms with Crippen LogP contribution in [0.3, 0.4) is 0 Å². The highest BCUT2D eigenvalue weighted by Gasteiger charge is 2.53. The Balaban J connectivity index is 1.33. The second kappa shape index (κ2) is 6.18. The van der Waals surface area contributed by atoms with Gasteiger partial charge >= 0.3 is 0 Å². The molecule has 0 amide bonds. The molecule has 24 heavy (non-hydrogen) atoms. The zero-order valence-corrected chi connectivity index (χ0v) is 14.3. The molecule has 6 nitrogen and oxygen atoms in total. The Morgan fingerprint density at radius 2 is 2.25 bits per heavy atom. The molecule has 4 rings (SSSR count). The van der Waals surface area contributed by atoms with E-state index in [0.717, 1.165) is 38.4 Å². The third-order valence-corrected chi connectivity index (χ3v) is 5.14. The average Bonchev–Trinajstić information content (AvgIpc) is 3.09. The predicted molar refractivity (Wildman–Crippen MR) is 89.7 cm³/mol. The van der Waals surface area contributed by atoms with Gasteiger partial charge in [-0.1, -0.05) is 6.07 Å². The standard InChI is InChI=1S/C18H24N4O2/c1-14-9-16(21(2)20-14)10-22-12-18(13-22)15(6-8-24-18)11-23-17-5-3-4-7-19-17/h3-5,7,9,15H,6,8,10-13H2,1-2H3/t15-/m1/s1. The normalized spacial score (nSPS) is 22.7. The van der Waals surface area contributed by atoms with Gasteiger partial charge in [-0.05, 0) is 25.5 Å². The van der Waals surface area contributed by atoms with E-state index >= 15 is 0 Å². The minimum absolute atomic E-state index is 0.0393. The highest BCUT2D eigenvalue weighted by Crippen LogP contribution is 2.40. The number of hydrogen-bond acceptors (Lipinski definition) is 5. The van der Waals surface area contributed by atoms with Crippen molar-refractivity contribution >= 4 is 0 Å². The maximum atomic E-state index is 6.12. The van der Waals surface area contributed by atoms with E-state index in [0.29, 0.717) is 18.4 Å². The lowest BCUT2D eigenvalue weighted by molar-refractivity contribution is -0.141. The molecule has 4 heterocycles. The molecule has 128 valence electrons. The lowest BCUT2D eigenvalue weighted by Crippen LogP contribution is -2.64. The van der Waals surface area contributed by atoms with Crippen LogP contribution in [0.25, 0.3) is 0 Å². The summed E-state index contributed by atoms with van der Waals surface area (Å²) in [5.74, 6) is 1.13. The summed E-state index contributed by atoms with van der Waals surface area (Å²) in [6, 6.07) is 7.91. The lowest BCUT2D eigenvalue weighted by atomic mass is 9.81. The van der Waals surface area contributed by atoms with Crippen LogP contribution in [0.5, 0.6) is 5.88 Å². The van der Waals surface area contributed by atoms with Crippen LogP contribution in [0.4, 0.5) is 0 Å². The van der Waals surface area contributed by atoms with Gasteiger partial charge in [-0.3, -0.25) is 9.58 Å². The summed E-state index contributed by atoms with van der Waals surface area (Å²) in [4.78, 5) is 6.66. The Bertz CT molecular complexity index is 694. The number of hydrogen-bond donors (Lipinski definition) is 0. The van der Waals surface area contributed by atoms with Crippen molar-refractivity contribution < 1.29 is 9.47 Å². The zero-order valence-electron chi connectivity index (χ0n) is 14.3. The van der Waals surface area contributed by atoms with E-state index in [1.807, 2.05) is 36.9 Å². The van der Waals surface area contributed by atoms with Gasteiger partial charge in [0.2, 0.25) is 5.88 Å². The van der Waals surface area contributed by atoms with Gasteiger partial charge in [-0.2, -0.15) is 5.10 Å². The molecule has 2 aliphatic rings. The van der Waals surface area contributed by atoms with Gasteiger partial charge in [-0.15, -0.1) is 0 Å². The van der Waals surface area contributed by atoms with E-state index in [1.165, 1.54) is 5.69 Å². The van der Waals surface area contributed by atoms with Crippen LogP contribution in [-0.4, -0.2) is 51.6 Å². The van der Waals surface area contributed by atoms with Gasteiger partial charge in [0.25, 0.3) is 0 Å². The maximum Gasteiger partial charge on any atom is 0.213 e. The number of rotatable bonds is 5. The van der Waals surface area contributed by atoms with Gasteiger partial charge in [0.15, 0.2) is 0 Å². The van der Waals surface area contributed by atoms with Crippen LogP contribution in [0.15, 0.2) is 30.5 Å². The first-order valence-electron chi connectivity index (χ1n) is 8.54. The highest BCUT2D eigenvalue weighted by molar-refractivity contribution is 5.13. The van der Waals surface area contributed by atoms with Crippen molar-refractivity contribution in [3.63, 3.8) is 0 Å². The van der Waals surface area contributed by atoms with Crippen molar-refractivity contribution in [1.82, 2.24) is 19.7 Å². The topological polar surface area (TPSA) is 52.4 Å². The van der Waals surface area contributed by atoms with Crippen LogP contribution in [0.1, 0.15) is 17.8 Å². The third kappa shape index (κ3) is 2.91. The monoisotopic (exact) mass is 328 g/mol. The van der Waals surface area contributed by atoms with Gasteiger partial charge in [-0.25, -0.2) is 4.98 Å². The lowest BCUT2D eigenvalue weighted by Gasteiger charge is -2.50. The van der Waals surface area contributed by atoms with Gasteiger partial charge < -0.3 is 9.47 Å². The summed E-state index contributed by atoms with van der Waals surface area (Å²) in [5, 5.41) is 4.42. The minimum Gasteiger partial charge on any atom is -0.477 e.